The van der Waals surface area contributed by atoms with Gasteiger partial charge in [0.15, 0.2) is 5.82 Å². The summed E-state index contributed by atoms with van der Waals surface area (Å²) in [6.45, 7) is 1.95. The lowest BCUT2D eigenvalue weighted by Gasteiger charge is -2.23. The number of halogens is 1. The summed E-state index contributed by atoms with van der Waals surface area (Å²) in [5.74, 6) is 0.732. The highest BCUT2D eigenvalue weighted by atomic mass is 35.5. The van der Waals surface area contributed by atoms with Crippen LogP contribution >= 0.6 is 11.6 Å². The second kappa shape index (κ2) is 7.26. The smallest absolute Gasteiger partial charge is 0.244 e. The monoisotopic (exact) mass is 399 g/mol. The van der Waals surface area contributed by atoms with Gasteiger partial charge < -0.3 is 14.6 Å². The third kappa shape index (κ3) is 3.55. The van der Waals surface area contributed by atoms with Crippen molar-refractivity contribution in [1.82, 2.24) is 9.46 Å². The van der Waals surface area contributed by atoms with Crippen LogP contribution in [0.3, 0.4) is 0 Å². The van der Waals surface area contributed by atoms with Gasteiger partial charge in [-0.15, -0.1) is 0 Å². The molecule has 140 valence electrons. The zero-order valence-electron chi connectivity index (χ0n) is 14.2. The van der Waals surface area contributed by atoms with E-state index in [0.29, 0.717) is 24.4 Å². The van der Waals surface area contributed by atoms with E-state index >= 15 is 0 Å². The summed E-state index contributed by atoms with van der Waals surface area (Å²) in [6.07, 6.45) is 1.00. The van der Waals surface area contributed by atoms with Gasteiger partial charge in [-0.25, -0.2) is 8.42 Å². The van der Waals surface area contributed by atoms with Crippen LogP contribution in [0, 0.1) is 6.92 Å². The number of sulfonamides is 1. The van der Waals surface area contributed by atoms with Crippen molar-refractivity contribution in [1.29, 1.82) is 0 Å². The van der Waals surface area contributed by atoms with Gasteiger partial charge >= 0.3 is 0 Å². The first kappa shape index (κ1) is 18.7. The van der Waals surface area contributed by atoms with Crippen molar-refractivity contribution in [2.75, 3.05) is 19.0 Å². The van der Waals surface area contributed by atoms with Gasteiger partial charge in [-0.05, 0) is 38.0 Å². The van der Waals surface area contributed by atoms with Crippen LogP contribution in [-0.2, 0) is 14.8 Å². The molecule has 1 aromatic heterocycles. The molecule has 26 heavy (non-hydrogen) atoms. The molecule has 1 atom stereocenters. The minimum atomic E-state index is -3.88. The van der Waals surface area contributed by atoms with Crippen LogP contribution < -0.4 is 10.1 Å². The first-order valence-electron chi connectivity index (χ1n) is 7.92. The Morgan fingerprint density at radius 3 is 2.81 bits per heavy atom. The van der Waals surface area contributed by atoms with E-state index in [9.17, 15) is 13.2 Å². The van der Waals surface area contributed by atoms with Gasteiger partial charge in [0, 0.05) is 12.6 Å². The number of benzene rings is 1. The Morgan fingerprint density at radius 2 is 2.19 bits per heavy atom. The molecule has 10 heteroatoms. The average molecular weight is 400 g/mol. The van der Waals surface area contributed by atoms with Crippen molar-refractivity contribution in [3.05, 3.63) is 35.0 Å². The third-order valence-electron chi connectivity index (χ3n) is 4.12. The summed E-state index contributed by atoms with van der Waals surface area (Å²) in [7, 11) is -2.43. The van der Waals surface area contributed by atoms with E-state index in [4.69, 9.17) is 20.9 Å². The lowest BCUT2D eigenvalue weighted by atomic mass is 10.2. The molecule has 1 aliphatic heterocycles. The molecule has 1 aliphatic rings. The van der Waals surface area contributed by atoms with E-state index < -0.39 is 22.0 Å². The Labute approximate surface area is 156 Å². The number of carbonyl (C=O) groups excluding carboxylic acids is 1. The maximum Gasteiger partial charge on any atom is 0.244 e. The van der Waals surface area contributed by atoms with E-state index in [1.165, 1.54) is 29.6 Å². The molecule has 3 rings (SSSR count). The number of nitrogens with one attached hydrogen (secondary N) is 1. The number of hydrogen-bond acceptors (Lipinski definition) is 6. The summed E-state index contributed by atoms with van der Waals surface area (Å²) in [6, 6.07) is 4.96. The number of aryl methyl sites for hydroxylation is 1. The fraction of sp³-hybridized carbons (Fsp3) is 0.375. The summed E-state index contributed by atoms with van der Waals surface area (Å²) in [5.41, 5.74) is 0. The Kier molecular flexibility index (Phi) is 5.22. The molecule has 0 aliphatic carbocycles. The summed E-state index contributed by atoms with van der Waals surface area (Å²) >= 11 is 6.04. The van der Waals surface area contributed by atoms with Gasteiger partial charge in [0.25, 0.3) is 0 Å². The standard InChI is InChI=1S/C16H18ClN3O5S/c1-10-8-15(19-25-10)18-16(21)13-4-3-7-20(13)26(22,23)11-5-6-14(24-2)12(17)9-11/h5-6,8-9,13H,3-4,7H2,1-2H3,(H,18,19,21)/t13-/m0/s1. The average Bonchev–Trinajstić information content (AvgIpc) is 3.24. The van der Waals surface area contributed by atoms with Crippen molar-refractivity contribution < 1.29 is 22.5 Å². The highest BCUT2D eigenvalue weighted by molar-refractivity contribution is 7.89. The maximum atomic E-state index is 13.0. The largest absolute Gasteiger partial charge is 0.495 e. The van der Waals surface area contributed by atoms with Crippen LogP contribution in [0.5, 0.6) is 5.75 Å². The van der Waals surface area contributed by atoms with Gasteiger partial charge in [-0.2, -0.15) is 4.31 Å². The zero-order valence-corrected chi connectivity index (χ0v) is 15.8. The lowest BCUT2D eigenvalue weighted by Crippen LogP contribution is -2.43. The molecule has 0 saturated carbocycles. The molecule has 1 saturated heterocycles. The second-order valence-electron chi connectivity index (χ2n) is 5.88. The lowest BCUT2D eigenvalue weighted by molar-refractivity contribution is -0.119. The predicted octanol–water partition coefficient (Wildman–Crippen LogP) is 2.44. The van der Waals surface area contributed by atoms with E-state index in [-0.39, 0.29) is 22.3 Å². The Bertz CT molecular complexity index is 928. The summed E-state index contributed by atoms with van der Waals surface area (Å²) in [4.78, 5) is 12.5. The van der Waals surface area contributed by atoms with Crippen LogP contribution in [-0.4, -0.2) is 43.5 Å². The van der Waals surface area contributed by atoms with Crippen LogP contribution in [0.25, 0.3) is 0 Å². The quantitative estimate of drug-likeness (QED) is 0.828. The molecule has 1 aromatic carbocycles. The van der Waals surface area contributed by atoms with Gasteiger partial charge in [0.1, 0.15) is 17.6 Å². The number of aromatic nitrogens is 1. The first-order chi connectivity index (χ1) is 12.3. The molecule has 0 bridgehead atoms. The highest BCUT2D eigenvalue weighted by Gasteiger charge is 2.39. The van der Waals surface area contributed by atoms with Gasteiger partial charge in [0.2, 0.25) is 15.9 Å². The van der Waals surface area contributed by atoms with Crippen LogP contribution in [0.15, 0.2) is 33.7 Å². The number of nitrogens with zero attached hydrogens (tertiary/aromatic N) is 2. The first-order valence-corrected chi connectivity index (χ1v) is 9.74. The Hall–Kier alpha value is -2.10. The van der Waals surface area contributed by atoms with Crippen LogP contribution in [0.2, 0.25) is 5.02 Å². The van der Waals surface area contributed by atoms with Gasteiger partial charge in [0.05, 0.1) is 17.0 Å². The van der Waals surface area contributed by atoms with Crippen molar-refractivity contribution in [3.8, 4) is 5.75 Å². The number of ether oxygens (including phenoxy) is 1. The van der Waals surface area contributed by atoms with Crippen LogP contribution in [0.4, 0.5) is 5.82 Å². The van der Waals surface area contributed by atoms with Gasteiger partial charge in [-0.3, -0.25) is 4.79 Å². The number of amides is 1. The number of hydrogen-bond donors (Lipinski definition) is 1. The van der Waals surface area contributed by atoms with Gasteiger partial charge in [-0.1, -0.05) is 16.8 Å². The number of anilines is 1. The molecule has 2 heterocycles. The molecule has 1 fully saturated rings. The van der Waals surface area contributed by atoms with E-state index in [0.717, 1.165) is 0 Å². The summed E-state index contributed by atoms with van der Waals surface area (Å²) in [5, 5.41) is 6.48. The predicted molar refractivity (Wildman–Crippen MR) is 94.8 cm³/mol. The minimum absolute atomic E-state index is 0.0141. The minimum Gasteiger partial charge on any atom is -0.495 e. The summed E-state index contributed by atoms with van der Waals surface area (Å²) < 4.78 is 37.1. The van der Waals surface area contributed by atoms with E-state index in [1.807, 2.05) is 0 Å². The van der Waals surface area contributed by atoms with E-state index in [2.05, 4.69) is 10.5 Å². The van der Waals surface area contributed by atoms with Crippen LogP contribution in [0.1, 0.15) is 18.6 Å². The fourth-order valence-corrected chi connectivity index (χ4v) is 4.87. The van der Waals surface area contributed by atoms with Crippen molar-refractivity contribution in [3.63, 3.8) is 0 Å². The normalized spacial score (nSPS) is 18.0. The van der Waals surface area contributed by atoms with Crippen molar-refractivity contribution >= 4 is 33.3 Å². The Morgan fingerprint density at radius 1 is 1.42 bits per heavy atom. The van der Waals surface area contributed by atoms with Crippen molar-refractivity contribution in [2.24, 2.45) is 0 Å². The third-order valence-corrected chi connectivity index (χ3v) is 6.31. The molecule has 2 aromatic rings. The number of rotatable bonds is 5. The van der Waals surface area contributed by atoms with Crippen molar-refractivity contribution in [2.45, 2.75) is 30.7 Å². The molecular formula is C16H18ClN3O5S. The molecular weight excluding hydrogens is 382 g/mol. The molecule has 0 unspecified atom stereocenters. The number of carbonyl (C=O) groups is 1. The molecule has 1 N–H and O–H groups in total. The fourth-order valence-electron chi connectivity index (χ4n) is 2.87. The highest BCUT2D eigenvalue weighted by Crippen LogP contribution is 2.31. The molecule has 0 spiro atoms. The molecule has 1 amide bonds. The van der Waals surface area contributed by atoms with E-state index in [1.54, 1.807) is 13.0 Å². The topological polar surface area (TPSA) is 102 Å². The maximum absolute atomic E-state index is 13.0. The Balaban J connectivity index is 1.84. The molecule has 8 nitrogen and oxygen atoms in total. The SMILES string of the molecule is COc1ccc(S(=O)(=O)N2CCC[C@H]2C(=O)Nc2cc(C)on2)cc1Cl. The second-order valence-corrected chi connectivity index (χ2v) is 8.18. The number of methoxy groups -OCH3 is 1. The zero-order chi connectivity index (χ0) is 18.9. The molecule has 0 radical (unpaired) electrons.